The highest BCUT2D eigenvalue weighted by atomic mass is 32.2. The second-order valence-electron chi connectivity index (χ2n) is 12.7. The van der Waals surface area contributed by atoms with E-state index < -0.39 is 34.3 Å². The Morgan fingerprint density at radius 1 is 0.745 bits per heavy atom. The summed E-state index contributed by atoms with van der Waals surface area (Å²) in [5, 5.41) is 2.97. The Morgan fingerprint density at radius 2 is 1.33 bits per heavy atom. The highest BCUT2D eigenvalue weighted by Gasteiger charge is 2.34. The van der Waals surface area contributed by atoms with Crippen LogP contribution in [-0.2, 0) is 32.6 Å². The lowest BCUT2D eigenvalue weighted by molar-refractivity contribution is -0.140. The normalized spacial score (nSPS) is 11.9. The van der Waals surface area contributed by atoms with Gasteiger partial charge < -0.3 is 15.0 Å². The molecule has 0 aliphatic heterocycles. The third-order valence-corrected chi connectivity index (χ3v) is 10.0. The smallest absolute Gasteiger partial charge is 0.264 e. The summed E-state index contributed by atoms with van der Waals surface area (Å²) in [4.78, 5) is 30.0. The Hall–Kier alpha value is -5.48. The van der Waals surface area contributed by atoms with Crippen LogP contribution in [0.1, 0.15) is 30.5 Å². The number of rotatable bonds is 15. The quantitative estimate of drug-likeness (QED) is 0.121. The molecule has 5 aromatic carbocycles. The first-order valence-electron chi connectivity index (χ1n) is 16.8. The van der Waals surface area contributed by atoms with Gasteiger partial charge in [0.1, 0.15) is 29.9 Å². The summed E-state index contributed by atoms with van der Waals surface area (Å²) in [5.74, 6) is -0.190. The van der Waals surface area contributed by atoms with Gasteiger partial charge >= 0.3 is 0 Å². The van der Waals surface area contributed by atoms with Crippen LogP contribution in [0.2, 0.25) is 0 Å². The van der Waals surface area contributed by atoms with Gasteiger partial charge in [-0.05, 0) is 84.6 Å². The summed E-state index contributed by atoms with van der Waals surface area (Å²) >= 11 is 0. The molecule has 5 rings (SSSR count). The number of halogens is 1. The molecule has 0 aromatic heterocycles. The molecule has 0 bridgehead atoms. The number of carbonyl (C=O) groups excluding carboxylic acids is 2. The zero-order chi connectivity index (χ0) is 36.4. The number of para-hydroxylation sites is 1. The van der Waals surface area contributed by atoms with Crippen LogP contribution in [0.3, 0.4) is 0 Å². The van der Waals surface area contributed by atoms with E-state index in [9.17, 15) is 22.4 Å². The molecule has 0 radical (unpaired) electrons. The first kappa shape index (κ1) is 36.8. The second-order valence-corrected chi connectivity index (χ2v) is 14.6. The van der Waals surface area contributed by atoms with Gasteiger partial charge in [0.2, 0.25) is 11.8 Å². The zero-order valence-electron chi connectivity index (χ0n) is 28.9. The van der Waals surface area contributed by atoms with Crippen molar-refractivity contribution in [2.75, 3.05) is 17.4 Å². The van der Waals surface area contributed by atoms with Crippen molar-refractivity contribution >= 4 is 27.5 Å². The molecule has 0 saturated carbocycles. The minimum atomic E-state index is -4.28. The lowest BCUT2D eigenvalue weighted by Crippen LogP contribution is -2.53. The van der Waals surface area contributed by atoms with Crippen molar-refractivity contribution in [2.24, 2.45) is 5.92 Å². The van der Waals surface area contributed by atoms with Crippen LogP contribution in [0.25, 0.3) is 0 Å². The molecule has 2 amide bonds. The van der Waals surface area contributed by atoms with Gasteiger partial charge in [-0.3, -0.25) is 13.9 Å². The third-order valence-electron chi connectivity index (χ3n) is 8.21. The summed E-state index contributed by atoms with van der Waals surface area (Å²) < 4.78 is 49.6. The molecular weight excluding hydrogens is 666 g/mol. The molecule has 51 heavy (non-hydrogen) atoms. The van der Waals surface area contributed by atoms with E-state index in [2.05, 4.69) is 5.32 Å². The van der Waals surface area contributed by atoms with Gasteiger partial charge in [-0.2, -0.15) is 0 Å². The number of nitrogens with one attached hydrogen (secondary N) is 1. The van der Waals surface area contributed by atoms with E-state index in [-0.39, 0.29) is 35.4 Å². The maximum absolute atomic E-state index is 14.7. The fourth-order valence-electron chi connectivity index (χ4n) is 5.43. The number of amides is 2. The SMILES string of the molecule is Cc1ccc(S(=O)(=O)N(CC(=O)N(Cc2ccc(F)cc2)C(Cc2ccccc2)C(=O)NCC(C)C)c2ccc(Oc3ccccc3)cc2)cc1. The Labute approximate surface area is 299 Å². The van der Waals surface area contributed by atoms with E-state index in [0.29, 0.717) is 23.6 Å². The van der Waals surface area contributed by atoms with Crippen molar-refractivity contribution in [2.45, 2.75) is 44.7 Å². The monoisotopic (exact) mass is 707 g/mol. The Kier molecular flexibility index (Phi) is 12.2. The molecular formula is C41H42FN3O5S. The van der Waals surface area contributed by atoms with Crippen molar-refractivity contribution in [3.8, 4) is 11.5 Å². The van der Waals surface area contributed by atoms with Crippen molar-refractivity contribution in [3.05, 3.63) is 156 Å². The summed E-state index contributed by atoms with van der Waals surface area (Å²) in [6.45, 7) is 5.50. The predicted octanol–water partition coefficient (Wildman–Crippen LogP) is 7.53. The van der Waals surface area contributed by atoms with Crippen molar-refractivity contribution in [1.29, 1.82) is 0 Å². The van der Waals surface area contributed by atoms with E-state index >= 15 is 0 Å². The second kappa shape index (κ2) is 17.0. The number of carbonyl (C=O) groups is 2. The fourth-order valence-corrected chi connectivity index (χ4v) is 6.85. The molecule has 10 heteroatoms. The highest BCUT2D eigenvalue weighted by Crippen LogP contribution is 2.29. The molecule has 5 aromatic rings. The third kappa shape index (κ3) is 10.0. The number of hydrogen-bond donors (Lipinski definition) is 1. The number of aryl methyl sites for hydroxylation is 1. The number of benzene rings is 5. The summed E-state index contributed by atoms with van der Waals surface area (Å²) in [6.07, 6.45) is 0.175. The van der Waals surface area contributed by atoms with Gasteiger partial charge in [-0.25, -0.2) is 12.8 Å². The summed E-state index contributed by atoms with van der Waals surface area (Å²) in [5.41, 5.74) is 2.50. The number of hydrogen-bond acceptors (Lipinski definition) is 5. The van der Waals surface area contributed by atoms with E-state index in [1.165, 1.54) is 29.2 Å². The van der Waals surface area contributed by atoms with E-state index in [1.807, 2.05) is 69.3 Å². The molecule has 0 fully saturated rings. The first-order valence-corrected chi connectivity index (χ1v) is 18.2. The average Bonchev–Trinajstić information content (AvgIpc) is 3.13. The van der Waals surface area contributed by atoms with Crippen LogP contribution in [0, 0.1) is 18.7 Å². The molecule has 1 N–H and O–H groups in total. The highest BCUT2D eigenvalue weighted by molar-refractivity contribution is 7.92. The predicted molar refractivity (Wildman–Crippen MR) is 197 cm³/mol. The zero-order valence-corrected chi connectivity index (χ0v) is 29.7. The van der Waals surface area contributed by atoms with E-state index in [0.717, 1.165) is 15.4 Å². The van der Waals surface area contributed by atoms with Crippen molar-refractivity contribution < 1.29 is 27.1 Å². The minimum absolute atomic E-state index is 0.00566. The molecule has 0 aliphatic rings. The van der Waals surface area contributed by atoms with Gasteiger partial charge in [0.05, 0.1) is 10.6 Å². The lowest BCUT2D eigenvalue weighted by Gasteiger charge is -2.34. The van der Waals surface area contributed by atoms with Gasteiger partial charge in [0, 0.05) is 19.5 Å². The van der Waals surface area contributed by atoms with Crippen molar-refractivity contribution in [3.63, 3.8) is 0 Å². The van der Waals surface area contributed by atoms with E-state index in [4.69, 9.17) is 4.74 Å². The van der Waals surface area contributed by atoms with Crippen molar-refractivity contribution in [1.82, 2.24) is 10.2 Å². The van der Waals surface area contributed by atoms with Crippen LogP contribution in [0.4, 0.5) is 10.1 Å². The number of ether oxygens (including phenoxy) is 1. The number of anilines is 1. The average molecular weight is 708 g/mol. The van der Waals surface area contributed by atoms with Gasteiger partial charge in [0.15, 0.2) is 0 Å². The molecule has 8 nitrogen and oxygen atoms in total. The van der Waals surface area contributed by atoms with Crippen LogP contribution < -0.4 is 14.4 Å². The van der Waals surface area contributed by atoms with Crippen LogP contribution in [-0.4, -0.2) is 44.3 Å². The molecule has 0 saturated heterocycles. The minimum Gasteiger partial charge on any atom is -0.457 e. The largest absolute Gasteiger partial charge is 0.457 e. The molecule has 0 aliphatic carbocycles. The fraction of sp³-hybridized carbons (Fsp3) is 0.220. The summed E-state index contributed by atoms with van der Waals surface area (Å²) in [7, 11) is -4.28. The van der Waals surface area contributed by atoms with Crippen LogP contribution >= 0.6 is 0 Å². The molecule has 0 spiro atoms. The van der Waals surface area contributed by atoms with E-state index in [1.54, 1.807) is 60.7 Å². The molecule has 0 heterocycles. The van der Waals surface area contributed by atoms with Gasteiger partial charge in [0.25, 0.3) is 10.0 Å². The van der Waals surface area contributed by atoms with Crippen LogP contribution in [0.5, 0.6) is 11.5 Å². The Bertz CT molecular complexity index is 1990. The maximum Gasteiger partial charge on any atom is 0.264 e. The van der Waals surface area contributed by atoms with Gasteiger partial charge in [-0.15, -0.1) is 0 Å². The molecule has 1 atom stereocenters. The maximum atomic E-state index is 14.7. The summed E-state index contributed by atoms with van der Waals surface area (Å²) in [6, 6.07) is 36.0. The standard InChI is InChI=1S/C41H42FN3O5S/c1-30(2)27-43-41(47)39(26-32-10-6-4-7-11-32)44(28-33-16-18-34(42)19-17-33)40(46)29-45(51(48,49)38-24-14-31(3)15-25-38)35-20-22-37(23-21-35)50-36-12-8-5-9-13-36/h4-25,30,39H,26-29H2,1-3H3,(H,43,47). The molecule has 264 valence electrons. The Morgan fingerprint density at radius 3 is 1.94 bits per heavy atom. The lowest BCUT2D eigenvalue weighted by atomic mass is 10.0. The Balaban J connectivity index is 1.55. The first-order chi connectivity index (χ1) is 24.5. The number of nitrogens with zero attached hydrogens (tertiary/aromatic N) is 2. The molecule has 1 unspecified atom stereocenters. The number of sulfonamides is 1. The topological polar surface area (TPSA) is 96.0 Å². The van der Waals surface area contributed by atoms with Gasteiger partial charge in [-0.1, -0.05) is 92.2 Å². The van der Waals surface area contributed by atoms with Crippen LogP contribution in [0.15, 0.2) is 138 Å².